The van der Waals surface area contributed by atoms with Gasteiger partial charge in [-0.3, -0.25) is 9.59 Å². The van der Waals surface area contributed by atoms with E-state index in [0.29, 0.717) is 22.0 Å². The second-order valence-corrected chi connectivity index (χ2v) is 12.8. The van der Waals surface area contributed by atoms with Crippen LogP contribution in [0.5, 0.6) is 0 Å². The number of rotatable bonds is 6. The molecule has 0 N–H and O–H groups in total. The molecule has 182 valence electrons. The number of hydrogen-bond donors (Lipinski definition) is 0. The van der Waals surface area contributed by atoms with Crippen LogP contribution in [0.15, 0.2) is 33.5 Å². The molecular weight excluding hydrogens is 518 g/mol. The Hall–Kier alpha value is -2.05. The first kappa shape index (κ1) is 25.1. The Morgan fingerprint density at radius 2 is 1.94 bits per heavy atom. The molecule has 1 saturated heterocycles. The number of carbonyl (C=O) groups excluding carboxylic acids is 2. The first-order valence-electron chi connectivity index (χ1n) is 10.7. The third-order valence-corrected chi connectivity index (χ3v) is 10.3. The maximum atomic E-state index is 13.3. The van der Waals surface area contributed by atoms with Crippen LogP contribution < -0.4 is 4.80 Å². The summed E-state index contributed by atoms with van der Waals surface area (Å²) in [7, 11) is -3.87. The zero-order valence-corrected chi connectivity index (χ0v) is 22.1. The van der Waals surface area contributed by atoms with Gasteiger partial charge >= 0.3 is 5.97 Å². The summed E-state index contributed by atoms with van der Waals surface area (Å²) in [6.07, 6.45) is 0.930. The fourth-order valence-corrected chi connectivity index (χ4v) is 8.27. The Balaban J connectivity index is 1.75. The number of amides is 1. The van der Waals surface area contributed by atoms with Gasteiger partial charge in [-0.1, -0.05) is 22.9 Å². The van der Waals surface area contributed by atoms with E-state index in [-0.39, 0.29) is 23.9 Å². The SMILES string of the molecule is CCOC(=O)Cn1c(=NC(=O)C2CCCN2S(=O)(=O)c2ccc(Cl)s2)sc2cc(C)c(C)cc21. The molecule has 1 fully saturated rings. The predicted molar refractivity (Wildman–Crippen MR) is 133 cm³/mol. The molecule has 0 bridgehead atoms. The van der Waals surface area contributed by atoms with E-state index < -0.39 is 27.9 Å². The molecule has 0 spiro atoms. The number of sulfonamides is 1. The fraction of sp³-hybridized carbons (Fsp3) is 0.409. The topological polar surface area (TPSA) is 98.0 Å². The third-order valence-electron chi connectivity index (χ3n) is 5.70. The van der Waals surface area contributed by atoms with Crippen LogP contribution in [-0.2, 0) is 30.9 Å². The summed E-state index contributed by atoms with van der Waals surface area (Å²) in [4.78, 5) is 30.2. The van der Waals surface area contributed by atoms with Crippen LogP contribution in [0, 0.1) is 13.8 Å². The average molecular weight is 542 g/mol. The molecule has 1 unspecified atom stereocenters. The molecule has 0 saturated carbocycles. The van der Waals surface area contributed by atoms with Gasteiger partial charge in [-0.05, 0) is 69.0 Å². The van der Waals surface area contributed by atoms with Crippen molar-refractivity contribution < 1.29 is 22.7 Å². The Morgan fingerprint density at radius 3 is 2.62 bits per heavy atom. The summed E-state index contributed by atoms with van der Waals surface area (Å²) in [6.45, 7) is 6.07. The molecule has 4 rings (SSSR count). The van der Waals surface area contributed by atoms with E-state index in [1.807, 2.05) is 26.0 Å². The van der Waals surface area contributed by atoms with Crippen LogP contribution in [0.25, 0.3) is 10.2 Å². The summed E-state index contributed by atoms with van der Waals surface area (Å²) in [6, 6.07) is 6.01. The molecular formula is C22H24ClN3O5S3. The molecule has 1 aromatic carbocycles. The van der Waals surface area contributed by atoms with Gasteiger partial charge in [0.2, 0.25) is 0 Å². The van der Waals surface area contributed by atoms with Crippen molar-refractivity contribution in [1.82, 2.24) is 8.87 Å². The van der Waals surface area contributed by atoms with E-state index in [9.17, 15) is 18.0 Å². The lowest BCUT2D eigenvalue weighted by atomic mass is 10.1. The number of ether oxygens (including phenoxy) is 1. The van der Waals surface area contributed by atoms with E-state index in [1.54, 1.807) is 11.5 Å². The molecule has 1 aliphatic rings. The minimum Gasteiger partial charge on any atom is -0.465 e. The number of fused-ring (bicyclic) bond motifs is 1. The molecule has 0 radical (unpaired) electrons. The molecule has 8 nitrogen and oxygen atoms in total. The molecule has 1 atom stereocenters. The maximum Gasteiger partial charge on any atom is 0.326 e. The standard InChI is InChI=1S/C22H24ClN3O5S3/c1-4-31-19(27)12-25-16-10-13(2)14(3)11-17(16)32-22(25)24-21(28)15-6-5-9-26(15)34(29,30)20-8-7-18(23)33-20/h7-8,10-11,15H,4-6,9,12H2,1-3H3. The van der Waals surface area contributed by atoms with Crippen molar-refractivity contribution in [3.05, 3.63) is 44.5 Å². The Morgan fingerprint density at radius 1 is 1.21 bits per heavy atom. The van der Waals surface area contributed by atoms with Crippen LogP contribution in [0.3, 0.4) is 0 Å². The number of esters is 1. The van der Waals surface area contributed by atoms with Gasteiger partial charge < -0.3 is 9.30 Å². The van der Waals surface area contributed by atoms with Crippen molar-refractivity contribution in [3.63, 3.8) is 0 Å². The fourth-order valence-electron chi connectivity index (χ4n) is 3.89. The number of aromatic nitrogens is 1. The van der Waals surface area contributed by atoms with E-state index in [4.69, 9.17) is 16.3 Å². The lowest BCUT2D eigenvalue weighted by Gasteiger charge is -2.20. The van der Waals surface area contributed by atoms with Gasteiger partial charge in [0, 0.05) is 6.54 Å². The first-order chi connectivity index (χ1) is 16.1. The average Bonchev–Trinajstić information content (AvgIpc) is 3.50. The zero-order valence-electron chi connectivity index (χ0n) is 18.9. The van der Waals surface area contributed by atoms with Crippen molar-refractivity contribution in [3.8, 4) is 0 Å². The molecule has 12 heteroatoms. The highest BCUT2D eigenvalue weighted by molar-refractivity contribution is 7.91. The summed E-state index contributed by atoms with van der Waals surface area (Å²) in [5, 5.41) is 0. The number of hydrogen-bond acceptors (Lipinski definition) is 7. The third kappa shape index (κ3) is 4.85. The van der Waals surface area contributed by atoms with Gasteiger partial charge in [-0.2, -0.15) is 9.30 Å². The van der Waals surface area contributed by atoms with Gasteiger partial charge in [0.05, 0.1) is 21.2 Å². The summed E-state index contributed by atoms with van der Waals surface area (Å²) < 4.78 is 35.6. The number of halogens is 1. The Labute approximate surface area is 210 Å². The van der Waals surface area contributed by atoms with Crippen LogP contribution in [0.4, 0.5) is 0 Å². The van der Waals surface area contributed by atoms with Gasteiger partial charge in [-0.15, -0.1) is 11.3 Å². The van der Waals surface area contributed by atoms with Gasteiger partial charge in [0.15, 0.2) is 4.80 Å². The van der Waals surface area contributed by atoms with E-state index in [1.165, 1.54) is 27.8 Å². The molecule has 2 aromatic heterocycles. The maximum absolute atomic E-state index is 13.3. The quantitative estimate of drug-likeness (QED) is 0.441. The minimum absolute atomic E-state index is 0.0944. The van der Waals surface area contributed by atoms with Crippen LogP contribution in [0.2, 0.25) is 4.34 Å². The highest BCUT2D eigenvalue weighted by Crippen LogP contribution is 2.32. The predicted octanol–water partition coefficient (Wildman–Crippen LogP) is 3.88. The van der Waals surface area contributed by atoms with Gasteiger partial charge in [0.25, 0.3) is 15.9 Å². The monoisotopic (exact) mass is 541 g/mol. The number of aryl methyl sites for hydroxylation is 2. The van der Waals surface area contributed by atoms with Gasteiger partial charge in [-0.25, -0.2) is 8.42 Å². The number of nitrogens with zero attached hydrogens (tertiary/aromatic N) is 3. The van der Waals surface area contributed by atoms with Crippen molar-refractivity contribution in [2.45, 2.75) is 50.4 Å². The molecule has 34 heavy (non-hydrogen) atoms. The van der Waals surface area contributed by atoms with E-state index in [0.717, 1.165) is 32.7 Å². The van der Waals surface area contributed by atoms with Crippen molar-refractivity contribution in [1.29, 1.82) is 0 Å². The molecule has 0 aliphatic carbocycles. The van der Waals surface area contributed by atoms with Crippen LogP contribution >= 0.6 is 34.3 Å². The number of carbonyl (C=O) groups is 2. The molecule has 3 heterocycles. The Bertz CT molecular complexity index is 1440. The second-order valence-electron chi connectivity index (χ2n) is 7.96. The second kappa shape index (κ2) is 9.90. The van der Waals surface area contributed by atoms with Crippen molar-refractivity contribution in [2.24, 2.45) is 4.99 Å². The first-order valence-corrected chi connectivity index (χ1v) is 14.2. The smallest absolute Gasteiger partial charge is 0.326 e. The van der Waals surface area contributed by atoms with Crippen LogP contribution in [0.1, 0.15) is 30.9 Å². The largest absolute Gasteiger partial charge is 0.465 e. The molecule has 1 amide bonds. The summed E-state index contributed by atoms with van der Waals surface area (Å²) in [5.41, 5.74) is 2.90. The van der Waals surface area contributed by atoms with E-state index in [2.05, 4.69) is 4.99 Å². The molecule has 3 aromatic rings. The normalized spacial score (nSPS) is 17.5. The number of benzene rings is 1. The van der Waals surface area contributed by atoms with Crippen molar-refractivity contribution in [2.75, 3.05) is 13.2 Å². The highest BCUT2D eigenvalue weighted by Gasteiger charge is 2.40. The summed E-state index contributed by atoms with van der Waals surface area (Å²) >= 11 is 8.18. The zero-order chi connectivity index (χ0) is 24.6. The van der Waals surface area contributed by atoms with Crippen molar-refractivity contribution >= 4 is 66.4 Å². The highest BCUT2D eigenvalue weighted by atomic mass is 35.5. The Kier molecular flexibility index (Phi) is 7.30. The summed E-state index contributed by atoms with van der Waals surface area (Å²) in [5.74, 6) is -0.990. The van der Waals surface area contributed by atoms with Crippen LogP contribution in [-0.4, -0.2) is 48.4 Å². The van der Waals surface area contributed by atoms with Gasteiger partial charge in [0.1, 0.15) is 16.8 Å². The minimum atomic E-state index is -3.87. The lowest BCUT2D eigenvalue weighted by Crippen LogP contribution is -2.40. The number of thiazole rings is 1. The van der Waals surface area contributed by atoms with E-state index >= 15 is 0 Å². The molecule has 1 aliphatic heterocycles. The lowest BCUT2D eigenvalue weighted by molar-refractivity contribution is -0.143. The number of thiophene rings is 1.